The molecule has 0 unspecified atom stereocenters. The van der Waals surface area contributed by atoms with Crippen LogP contribution in [0, 0.1) is 24.2 Å². The third-order valence-corrected chi connectivity index (χ3v) is 5.01. The minimum Gasteiger partial charge on any atom is -0.508 e. The highest BCUT2D eigenvalue weighted by Gasteiger charge is 1.91. The van der Waals surface area contributed by atoms with Crippen LogP contribution in [0.15, 0.2) is 102 Å². The van der Waals surface area contributed by atoms with Gasteiger partial charge in [0, 0.05) is 21.2 Å². The highest BCUT2D eigenvalue weighted by Crippen LogP contribution is 2.13. The van der Waals surface area contributed by atoms with Crippen LogP contribution in [0.3, 0.4) is 0 Å². The molecule has 5 heteroatoms. The van der Waals surface area contributed by atoms with Gasteiger partial charge in [0.05, 0.1) is 13.2 Å². The number of phenolic OH excluding ortho intramolecular Hbond substituents is 2. The van der Waals surface area contributed by atoms with Crippen LogP contribution in [0.5, 0.6) is 11.5 Å². The molecule has 0 spiro atoms. The average molecular weight is 529 g/mol. The first-order chi connectivity index (χ1) is 16.9. The van der Waals surface area contributed by atoms with E-state index in [9.17, 15) is 0 Å². The molecule has 0 amide bonds. The van der Waals surface area contributed by atoms with Gasteiger partial charge in [0.1, 0.15) is 11.5 Å². The molecule has 4 nitrogen and oxygen atoms in total. The first-order valence-electron chi connectivity index (χ1n) is 10.5. The fraction of sp³-hybridized carbons (Fsp3) is 0.0667. The van der Waals surface area contributed by atoms with E-state index in [2.05, 4.69) is 33.7 Å². The zero-order valence-electron chi connectivity index (χ0n) is 18.9. The van der Waals surface area contributed by atoms with Crippen LogP contribution in [0.1, 0.15) is 27.8 Å². The summed E-state index contributed by atoms with van der Waals surface area (Å²) in [6, 6.07) is 28.3. The molecular formula is C30H25BrO4. The van der Waals surface area contributed by atoms with E-state index in [0.717, 1.165) is 32.3 Å². The molecule has 4 aromatic rings. The number of aliphatic hydroxyl groups is 2. The second-order valence-electron chi connectivity index (χ2n) is 7.13. The van der Waals surface area contributed by atoms with Crippen LogP contribution in [0.2, 0.25) is 0 Å². The first-order valence-corrected chi connectivity index (χ1v) is 11.3. The second kappa shape index (κ2) is 15.0. The van der Waals surface area contributed by atoms with Crippen molar-refractivity contribution in [2.24, 2.45) is 0 Å². The molecule has 4 aromatic carbocycles. The van der Waals surface area contributed by atoms with Gasteiger partial charge in [-0.2, -0.15) is 0 Å². The topological polar surface area (TPSA) is 80.9 Å². The zero-order chi connectivity index (χ0) is 25.5. The molecule has 0 aromatic heterocycles. The van der Waals surface area contributed by atoms with Crippen LogP contribution < -0.4 is 0 Å². The van der Waals surface area contributed by atoms with Crippen molar-refractivity contribution in [3.05, 3.63) is 129 Å². The summed E-state index contributed by atoms with van der Waals surface area (Å²) in [4.78, 5) is 0. The molecule has 0 fully saturated rings. The summed E-state index contributed by atoms with van der Waals surface area (Å²) in [5, 5.41) is 35.4. The number of benzene rings is 4. The molecule has 0 saturated heterocycles. The predicted octanol–water partition coefficient (Wildman–Crippen LogP) is 5.60. The Morgan fingerprint density at radius 1 is 0.543 bits per heavy atom. The summed E-state index contributed by atoms with van der Waals surface area (Å²) in [6.45, 7) is 0.122. The summed E-state index contributed by atoms with van der Waals surface area (Å²) in [7, 11) is 0. The van der Waals surface area contributed by atoms with Gasteiger partial charge < -0.3 is 20.4 Å². The monoisotopic (exact) mass is 528 g/mol. The quantitative estimate of drug-likeness (QED) is 0.255. The van der Waals surface area contributed by atoms with E-state index < -0.39 is 0 Å². The molecule has 0 atom stereocenters. The summed E-state index contributed by atoms with van der Waals surface area (Å²) in [5.41, 5.74) is 4.36. The van der Waals surface area contributed by atoms with Crippen molar-refractivity contribution in [1.29, 1.82) is 0 Å². The zero-order valence-corrected chi connectivity index (χ0v) is 20.5. The van der Waals surface area contributed by atoms with E-state index in [-0.39, 0.29) is 19.0 Å². The van der Waals surface area contributed by atoms with Gasteiger partial charge in [0.2, 0.25) is 0 Å². The Kier molecular flexibility index (Phi) is 11.7. The Balaban J connectivity index is 0.000000204. The molecule has 0 bridgehead atoms. The maximum Gasteiger partial charge on any atom is 0.115 e. The SMILES string of the molecule is C#Cc1ccc(CO)cc1.OCc1ccc(C#Cc2ccc(O)cc2)cc1.Oc1ccc(Br)cc1. The maximum absolute atomic E-state index is 9.13. The van der Waals surface area contributed by atoms with E-state index in [1.54, 1.807) is 48.5 Å². The molecule has 0 radical (unpaired) electrons. The Labute approximate surface area is 214 Å². The van der Waals surface area contributed by atoms with Crippen molar-refractivity contribution < 1.29 is 20.4 Å². The molecule has 35 heavy (non-hydrogen) atoms. The van der Waals surface area contributed by atoms with Crippen molar-refractivity contribution in [2.75, 3.05) is 0 Å². The summed E-state index contributed by atoms with van der Waals surface area (Å²) < 4.78 is 0.982. The van der Waals surface area contributed by atoms with Crippen molar-refractivity contribution in [3.8, 4) is 35.7 Å². The van der Waals surface area contributed by atoms with Gasteiger partial charge >= 0.3 is 0 Å². The molecule has 0 saturated carbocycles. The number of hydrogen-bond donors (Lipinski definition) is 4. The molecular weight excluding hydrogens is 504 g/mol. The molecule has 0 heterocycles. The van der Waals surface area contributed by atoms with Crippen molar-refractivity contribution >= 4 is 15.9 Å². The van der Waals surface area contributed by atoms with E-state index in [4.69, 9.17) is 26.8 Å². The number of hydrogen-bond acceptors (Lipinski definition) is 4. The first kappa shape index (κ1) is 27.2. The fourth-order valence-corrected chi connectivity index (χ4v) is 2.79. The number of terminal acetylenes is 1. The lowest BCUT2D eigenvalue weighted by atomic mass is 10.1. The lowest BCUT2D eigenvalue weighted by Gasteiger charge is -1.95. The van der Waals surface area contributed by atoms with Crippen LogP contribution in [0.4, 0.5) is 0 Å². The smallest absolute Gasteiger partial charge is 0.115 e. The van der Waals surface area contributed by atoms with E-state index in [1.165, 1.54) is 0 Å². The third kappa shape index (κ3) is 10.6. The van der Waals surface area contributed by atoms with E-state index in [0.29, 0.717) is 5.75 Å². The van der Waals surface area contributed by atoms with Gasteiger partial charge in [-0.3, -0.25) is 0 Å². The fourth-order valence-electron chi connectivity index (χ4n) is 2.53. The highest BCUT2D eigenvalue weighted by atomic mass is 79.9. The third-order valence-electron chi connectivity index (χ3n) is 4.48. The Morgan fingerprint density at radius 2 is 0.886 bits per heavy atom. The molecule has 176 valence electrons. The van der Waals surface area contributed by atoms with Gasteiger partial charge in [0.15, 0.2) is 0 Å². The number of aliphatic hydroxyl groups excluding tert-OH is 2. The van der Waals surface area contributed by atoms with Crippen LogP contribution in [-0.4, -0.2) is 20.4 Å². The standard InChI is InChI=1S/C15H12O2.C9H8O.C6H5BrO/c16-11-14-5-3-12(4-6-14)1-2-13-7-9-15(17)10-8-13;1-2-8-3-5-9(7-10)6-4-8;7-5-1-3-6(8)4-2-5/h3-10,16-17H,11H2;1,3-6,10H,7H2;1-4,8H. The average Bonchev–Trinajstić information content (AvgIpc) is 2.91. The van der Waals surface area contributed by atoms with Crippen molar-refractivity contribution in [2.45, 2.75) is 13.2 Å². The predicted molar refractivity (Wildman–Crippen MR) is 143 cm³/mol. The van der Waals surface area contributed by atoms with E-state index >= 15 is 0 Å². The Bertz CT molecular complexity index is 1240. The number of phenols is 2. The number of halogens is 1. The van der Waals surface area contributed by atoms with Gasteiger partial charge in [-0.05, 0) is 83.9 Å². The second-order valence-corrected chi connectivity index (χ2v) is 8.04. The molecule has 0 aliphatic carbocycles. The van der Waals surface area contributed by atoms with Gasteiger partial charge in [0.25, 0.3) is 0 Å². The number of aromatic hydroxyl groups is 2. The minimum atomic E-state index is 0.0473. The highest BCUT2D eigenvalue weighted by molar-refractivity contribution is 9.10. The van der Waals surface area contributed by atoms with Crippen molar-refractivity contribution in [3.63, 3.8) is 0 Å². The molecule has 0 aliphatic heterocycles. The Morgan fingerprint density at radius 3 is 1.23 bits per heavy atom. The number of rotatable bonds is 2. The minimum absolute atomic E-state index is 0.0473. The van der Waals surface area contributed by atoms with Gasteiger partial charge in [-0.15, -0.1) is 6.42 Å². The van der Waals surface area contributed by atoms with Crippen molar-refractivity contribution in [1.82, 2.24) is 0 Å². The largest absolute Gasteiger partial charge is 0.508 e. The van der Waals surface area contributed by atoms with Gasteiger partial charge in [-0.1, -0.05) is 58.0 Å². The van der Waals surface area contributed by atoms with Gasteiger partial charge in [-0.25, -0.2) is 0 Å². The lowest BCUT2D eigenvalue weighted by Crippen LogP contribution is -1.82. The maximum atomic E-state index is 9.13. The van der Waals surface area contributed by atoms with E-state index in [1.807, 2.05) is 48.5 Å². The molecule has 0 aliphatic rings. The molecule has 4 N–H and O–H groups in total. The van der Waals surface area contributed by atoms with Crippen LogP contribution in [-0.2, 0) is 13.2 Å². The molecule has 4 rings (SSSR count). The summed E-state index contributed by atoms with van der Waals surface area (Å²) in [5.74, 6) is 9.06. The lowest BCUT2D eigenvalue weighted by molar-refractivity contribution is 0.281. The summed E-state index contributed by atoms with van der Waals surface area (Å²) >= 11 is 3.23. The normalized spacial score (nSPS) is 9.20. The van der Waals surface area contributed by atoms with Crippen LogP contribution in [0.25, 0.3) is 0 Å². The Hall–Kier alpha value is -4.00. The summed E-state index contributed by atoms with van der Waals surface area (Å²) in [6.07, 6.45) is 5.13. The van der Waals surface area contributed by atoms with Crippen LogP contribution >= 0.6 is 15.9 Å².